The Kier molecular flexibility index (Phi) is 65.6. The topological polar surface area (TPSA) is 78.9 Å². The Morgan fingerprint density at radius 3 is 0.718 bits per heavy atom. The van der Waals surface area contributed by atoms with Gasteiger partial charge >= 0.3 is 17.9 Å². The molecule has 0 bridgehead atoms. The minimum atomic E-state index is -0.774. The van der Waals surface area contributed by atoms with Gasteiger partial charge in [-0.3, -0.25) is 14.4 Å². The smallest absolute Gasteiger partial charge is 0.306 e. The lowest BCUT2D eigenvalue weighted by Gasteiger charge is -2.18. The fourth-order valence-electron chi connectivity index (χ4n) is 10.9. The van der Waals surface area contributed by atoms with Gasteiger partial charge in [-0.05, 0) is 51.4 Å². The standard InChI is InChI=1S/C72H136O6/c1-4-7-10-13-16-19-21-23-25-27-28-29-30-31-32-33-34-35-36-37-38-39-40-41-42-43-44-45-47-48-50-53-56-59-62-65-71(74)77-68-69(67-76-70(73)64-61-58-55-52-18-15-12-9-6-3)78-72(75)66-63-60-57-54-51-49-46-26-24-22-20-17-14-11-8-5-2/h20,22,26,46,69H,4-19,21,23-25,27-45,47-68H2,1-3H3/b22-20-,46-26-. The molecule has 0 N–H and O–H groups in total. The molecular formula is C72H136O6. The van der Waals surface area contributed by atoms with Crippen molar-refractivity contribution in [2.24, 2.45) is 0 Å². The maximum Gasteiger partial charge on any atom is 0.306 e. The van der Waals surface area contributed by atoms with Crippen LogP contribution in [0.3, 0.4) is 0 Å². The van der Waals surface area contributed by atoms with Gasteiger partial charge < -0.3 is 14.2 Å². The molecule has 0 aliphatic carbocycles. The largest absolute Gasteiger partial charge is 0.462 e. The number of hydrogen-bond donors (Lipinski definition) is 0. The first-order valence-corrected chi connectivity index (χ1v) is 35.3. The van der Waals surface area contributed by atoms with Crippen LogP contribution in [0.4, 0.5) is 0 Å². The van der Waals surface area contributed by atoms with E-state index in [4.69, 9.17) is 14.2 Å². The Balaban J connectivity index is 3.96. The van der Waals surface area contributed by atoms with E-state index in [0.29, 0.717) is 19.3 Å². The van der Waals surface area contributed by atoms with Crippen LogP contribution in [0.1, 0.15) is 400 Å². The van der Waals surface area contributed by atoms with Gasteiger partial charge in [-0.1, -0.05) is 353 Å². The molecule has 0 fully saturated rings. The minimum Gasteiger partial charge on any atom is -0.462 e. The maximum absolute atomic E-state index is 12.9. The van der Waals surface area contributed by atoms with E-state index in [-0.39, 0.29) is 31.1 Å². The Labute approximate surface area is 487 Å². The summed E-state index contributed by atoms with van der Waals surface area (Å²) in [6.07, 6.45) is 82.5. The predicted octanol–water partition coefficient (Wildman–Crippen LogP) is 24.2. The average Bonchev–Trinajstić information content (AvgIpc) is 3.44. The second kappa shape index (κ2) is 67.4. The van der Waals surface area contributed by atoms with E-state index in [0.717, 1.165) is 77.0 Å². The van der Waals surface area contributed by atoms with Gasteiger partial charge in [0.25, 0.3) is 0 Å². The van der Waals surface area contributed by atoms with Crippen molar-refractivity contribution in [1.82, 2.24) is 0 Å². The zero-order valence-corrected chi connectivity index (χ0v) is 53.0. The number of carbonyl (C=O) groups excluding carboxylic acids is 3. The van der Waals surface area contributed by atoms with Crippen LogP contribution in [0.2, 0.25) is 0 Å². The normalized spacial score (nSPS) is 12.1. The van der Waals surface area contributed by atoms with Crippen molar-refractivity contribution < 1.29 is 28.6 Å². The van der Waals surface area contributed by atoms with Gasteiger partial charge in [0.05, 0.1) is 0 Å². The van der Waals surface area contributed by atoms with Crippen LogP contribution in [-0.4, -0.2) is 37.2 Å². The van der Waals surface area contributed by atoms with Crippen LogP contribution in [0.25, 0.3) is 0 Å². The number of rotatable bonds is 66. The van der Waals surface area contributed by atoms with Crippen molar-refractivity contribution in [1.29, 1.82) is 0 Å². The molecule has 0 rings (SSSR count). The number of carbonyl (C=O) groups is 3. The molecule has 1 unspecified atom stereocenters. The first-order chi connectivity index (χ1) is 38.5. The van der Waals surface area contributed by atoms with Gasteiger partial charge in [-0.15, -0.1) is 0 Å². The molecule has 0 saturated heterocycles. The first kappa shape index (κ1) is 75.9. The van der Waals surface area contributed by atoms with Crippen molar-refractivity contribution in [2.75, 3.05) is 13.2 Å². The monoisotopic (exact) mass is 1100 g/mol. The van der Waals surface area contributed by atoms with Crippen molar-refractivity contribution in [3.05, 3.63) is 24.3 Å². The lowest BCUT2D eigenvalue weighted by atomic mass is 10.0. The maximum atomic E-state index is 12.9. The van der Waals surface area contributed by atoms with Crippen molar-refractivity contribution in [2.45, 2.75) is 406 Å². The van der Waals surface area contributed by atoms with E-state index >= 15 is 0 Å². The summed E-state index contributed by atoms with van der Waals surface area (Å²) in [5.41, 5.74) is 0. The highest BCUT2D eigenvalue weighted by Gasteiger charge is 2.19. The average molecular weight is 1100 g/mol. The van der Waals surface area contributed by atoms with Gasteiger partial charge in [0, 0.05) is 19.3 Å². The van der Waals surface area contributed by atoms with Crippen LogP contribution in [0, 0.1) is 0 Å². The number of unbranched alkanes of at least 4 members (excludes halogenated alkanes) is 51. The molecular weight excluding hydrogens is 961 g/mol. The number of hydrogen-bond acceptors (Lipinski definition) is 6. The molecule has 0 heterocycles. The van der Waals surface area contributed by atoms with E-state index in [1.54, 1.807) is 0 Å². The van der Waals surface area contributed by atoms with Gasteiger partial charge in [-0.2, -0.15) is 0 Å². The fraction of sp³-hybridized carbons (Fsp3) is 0.903. The molecule has 460 valence electrons. The second-order valence-electron chi connectivity index (χ2n) is 24.2. The van der Waals surface area contributed by atoms with Crippen molar-refractivity contribution >= 4 is 17.9 Å². The molecule has 0 aliphatic rings. The van der Waals surface area contributed by atoms with Crippen LogP contribution in [0.15, 0.2) is 24.3 Å². The summed E-state index contributed by atoms with van der Waals surface area (Å²) < 4.78 is 16.9. The van der Waals surface area contributed by atoms with Gasteiger partial charge in [0.1, 0.15) is 13.2 Å². The lowest BCUT2D eigenvalue weighted by Crippen LogP contribution is -2.30. The molecule has 6 heteroatoms. The van der Waals surface area contributed by atoms with Gasteiger partial charge in [0.2, 0.25) is 0 Å². The molecule has 0 saturated carbocycles. The van der Waals surface area contributed by atoms with Gasteiger partial charge in [-0.25, -0.2) is 0 Å². The number of esters is 3. The SMILES string of the molecule is CCCCCC/C=C\C/C=C\CCCCCCCC(=O)OC(COC(=O)CCCCCCCCCCC)COC(=O)CCCCCCCCCCCCCCCCCCCCCCCCCCCCCCCCCCCCC. The van der Waals surface area contributed by atoms with Crippen LogP contribution in [0.5, 0.6) is 0 Å². The number of ether oxygens (including phenoxy) is 3. The molecule has 0 spiro atoms. The molecule has 0 aromatic carbocycles. The molecule has 1 atom stereocenters. The fourth-order valence-corrected chi connectivity index (χ4v) is 10.9. The summed E-state index contributed by atoms with van der Waals surface area (Å²) in [6, 6.07) is 0. The first-order valence-electron chi connectivity index (χ1n) is 35.3. The minimum absolute atomic E-state index is 0.0716. The summed E-state index contributed by atoms with van der Waals surface area (Å²) in [5, 5.41) is 0. The lowest BCUT2D eigenvalue weighted by molar-refractivity contribution is -0.167. The summed E-state index contributed by atoms with van der Waals surface area (Å²) in [5.74, 6) is -0.863. The molecule has 0 aromatic rings. The predicted molar refractivity (Wildman–Crippen MR) is 340 cm³/mol. The van der Waals surface area contributed by atoms with Crippen molar-refractivity contribution in [3.63, 3.8) is 0 Å². The second-order valence-corrected chi connectivity index (χ2v) is 24.2. The summed E-state index contributed by atoms with van der Waals surface area (Å²) in [6.45, 7) is 6.66. The highest BCUT2D eigenvalue weighted by Crippen LogP contribution is 2.19. The van der Waals surface area contributed by atoms with E-state index in [9.17, 15) is 14.4 Å². The van der Waals surface area contributed by atoms with E-state index in [2.05, 4.69) is 45.1 Å². The van der Waals surface area contributed by atoms with Crippen LogP contribution in [-0.2, 0) is 28.6 Å². The molecule has 6 nitrogen and oxygen atoms in total. The number of allylic oxidation sites excluding steroid dienone is 4. The molecule has 0 radical (unpaired) electrons. The molecule has 0 amide bonds. The molecule has 0 aromatic heterocycles. The van der Waals surface area contributed by atoms with Gasteiger partial charge in [0.15, 0.2) is 6.10 Å². The third kappa shape index (κ3) is 64.7. The molecule has 0 aliphatic heterocycles. The third-order valence-electron chi connectivity index (χ3n) is 16.2. The Bertz CT molecular complexity index is 1260. The van der Waals surface area contributed by atoms with Crippen LogP contribution < -0.4 is 0 Å². The van der Waals surface area contributed by atoms with E-state index < -0.39 is 6.10 Å². The summed E-state index contributed by atoms with van der Waals surface area (Å²) in [4.78, 5) is 38.2. The summed E-state index contributed by atoms with van der Waals surface area (Å²) in [7, 11) is 0. The Hall–Kier alpha value is -2.11. The zero-order chi connectivity index (χ0) is 56.4. The highest BCUT2D eigenvalue weighted by molar-refractivity contribution is 5.71. The van der Waals surface area contributed by atoms with Crippen LogP contribution >= 0.6 is 0 Å². The Morgan fingerprint density at radius 1 is 0.256 bits per heavy atom. The Morgan fingerprint density at radius 2 is 0.462 bits per heavy atom. The third-order valence-corrected chi connectivity index (χ3v) is 16.2. The van der Waals surface area contributed by atoms with E-state index in [1.807, 2.05) is 0 Å². The van der Waals surface area contributed by atoms with Crippen molar-refractivity contribution in [3.8, 4) is 0 Å². The van der Waals surface area contributed by atoms with E-state index in [1.165, 1.54) is 283 Å². The molecule has 78 heavy (non-hydrogen) atoms. The zero-order valence-electron chi connectivity index (χ0n) is 53.0. The summed E-state index contributed by atoms with van der Waals surface area (Å²) >= 11 is 0. The highest BCUT2D eigenvalue weighted by atomic mass is 16.6. The quantitative estimate of drug-likeness (QED) is 0.0261.